The highest BCUT2D eigenvalue weighted by molar-refractivity contribution is 5.82. The normalized spacial score (nSPS) is 10.7. The third-order valence-electron chi connectivity index (χ3n) is 3.14. The molecule has 0 spiro atoms. The lowest BCUT2D eigenvalue weighted by atomic mass is 10.1. The standard InChI is InChI=1S/C16H21N3O/c1-2-7-19-16(20)6-9-17-11-13-3-4-15-12-18-8-5-14(15)10-13/h3-5,8,10,12,17H,2,6-7,9,11H2,1H3,(H,19,20). The summed E-state index contributed by atoms with van der Waals surface area (Å²) in [6.07, 6.45) is 5.17. The maximum atomic E-state index is 11.4. The minimum absolute atomic E-state index is 0.115. The number of hydrogen-bond donors (Lipinski definition) is 2. The van der Waals surface area contributed by atoms with Gasteiger partial charge in [0.15, 0.2) is 0 Å². The van der Waals surface area contributed by atoms with E-state index in [0.29, 0.717) is 13.0 Å². The van der Waals surface area contributed by atoms with Crippen molar-refractivity contribution in [1.29, 1.82) is 0 Å². The number of nitrogens with zero attached hydrogens (tertiary/aromatic N) is 1. The molecular weight excluding hydrogens is 250 g/mol. The summed E-state index contributed by atoms with van der Waals surface area (Å²) in [5.74, 6) is 0.115. The second-order valence-electron chi connectivity index (χ2n) is 4.83. The number of pyridine rings is 1. The minimum Gasteiger partial charge on any atom is -0.356 e. The molecule has 0 atom stereocenters. The van der Waals surface area contributed by atoms with Crippen LogP contribution in [-0.2, 0) is 11.3 Å². The molecule has 0 saturated carbocycles. The summed E-state index contributed by atoms with van der Waals surface area (Å²) in [4.78, 5) is 15.5. The Hall–Kier alpha value is -1.94. The number of fused-ring (bicyclic) bond motifs is 1. The van der Waals surface area contributed by atoms with Crippen molar-refractivity contribution < 1.29 is 4.79 Å². The van der Waals surface area contributed by atoms with Crippen LogP contribution in [0.2, 0.25) is 0 Å². The van der Waals surface area contributed by atoms with Crippen LogP contribution in [0.5, 0.6) is 0 Å². The van der Waals surface area contributed by atoms with Crippen LogP contribution >= 0.6 is 0 Å². The second kappa shape index (κ2) is 7.60. The van der Waals surface area contributed by atoms with Gasteiger partial charge in [0, 0.05) is 43.8 Å². The molecule has 1 aromatic heterocycles. The Morgan fingerprint density at radius 1 is 1.20 bits per heavy atom. The Morgan fingerprint density at radius 3 is 2.95 bits per heavy atom. The molecule has 0 fully saturated rings. The average molecular weight is 271 g/mol. The van der Waals surface area contributed by atoms with Crippen LogP contribution in [0, 0.1) is 0 Å². The Bertz CT molecular complexity index is 568. The van der Waals surface area contributed by atoms with Gasteiger partial charge in [-0.25, -0.2) is 0 Å². The van der Waals surface area contributed by atoms with Gasteiger partial charge in [0.25, 0.3) is 0 Å². The molecule has 1 heterocycles. The minimum atomic E-state index is 0.115. The zero-order chi connectivity index (χ0) is 14.2. The monoisotopic (exact) mass is 271 g/mol. The number of carbonyl (C=O) groups is 1. The van der Waals surface area contributed by atoms with E-state index in [1.165, 1.54) is 10.9 Å². The third-order valence-corrected chi connectivity index (χ3v) is 3.14. The molecule has 0 saturated heterocycles. The van der Waals surface area contributed by atoms with E-state index in [0.717, 1.165) is 24.9 Å². The first-order valence-corrected chi connectivity index (χ1v) is 7.09. The van der Waals surface area contributed by atoms with Gasteiger partial charge in [-0.05, 0) is 29.5 Å². The Labute approximate surface area is 119 Å². The molecule has 4 heteroatoms. The molecule has 0 aliphatic heterocycles. The van der Waals surface area contributed by atoms with Crippen LogP contribution in [0.1, 0.15) is 25.3 Å². The van der Waals surface area contributed by atoms with Gasteiger partial charge in [0.1, 0.15) is 0 Å². The lowest BCUT2D eigenvalue weighted by Crippen LogP contribution is -2.28. The van der Waals surface area contributed by atoms with Crippen LogP contribution in [0.15, 0.2) is 36.7 Å². The summed E-state index contributed by atoms with van der Waals surface area (Å²) in [6, 6.07) is 8.33. The number of rotatable bonds is 7. The van der Waals surface area contributed by atoms with E-state index in [1.807, 2.05) is 19.2 Å². The molecule has 0 unspecified atom stereocenters. The summed E-state index contributed by atoms with van der Waals surface area (Å²) in [5.41, 5.74) is 1.22. The van der Waals surface area contributed by atoms with E-state index >= 15 is 0 Å². The fourth-order valence-electron chi connectivity index (χ4n) is 2.03. The fourth-order valence-corrected chi connectivity index (χ4v) is 2.03. The number of amides is 1. The summed E-state index contributed by atoms with van der Waals surface area (Å²) >= 11 is 0. The Balaban J connectivity index is 1.77. The van der Waals surface area contributed by atoms with Crippen LogP contribution < -0.4 is 10.6 Å². The number of aromatic nitrogens is 1. The summed E-state index contributed by atoms with van der Waals surface area (Å²) in [6.45, 7) is 4.29. The van der Waals surface area contributed by atoms with Crippen molar-refractivity contribution in [1.82, 2.24) is 15.6 Å². The van der Waals surface area contributed by atoms with Crippen molar-refractivity contribution in [3.05, 3.63) is 42.2 Å². The number of benzene rings is 1. The molecule has 2 N–H and O–H groups in total. The number of carbonyl (C=O) groups excluding carboxylic acids is 1. The zero-order valence-corrected chi connectivity index (χ0v) is 11.9. The van der Waals surface area contributed by atoms with Crippen molar-refractivity contribution in [3.63, 3.8) is 0 Å². The van der Waals surface area contributed by atoms with Crippen LogP contribution in [0.4, 0.5) is 0 Å². The van der Waals surface area contributed by atoms with Gasteiger partial charge >= 0.3 is 0 Å². The fraction of sp³-hybridized carbons (Fsp3) is 0.375. The van der Waals surface area contributed by atoms with Gasteiger partial charge in [0.2, 0.25) is 5.91 Å². The SMILES string of the molecule is CCCNC(=O)CCNCc1ccc2cnccc2c1. The van der Waals surface area contributed by atoms with Crippen molar-refractivity contribution in [3.8, 4) is 0 Å². The van der Waals surface area contributed by atoms with Gasteiger partial charge in [-0.2, -0.15) is 0 Å². The van der Waals surface area contributed by atoms with Gasteiger partial charge in [-0.15, -0.1) is 0 Å². The van der Waals surface area contributed by atoms with Crippen LogP contribution in [0.3, 0.4) is 0 Å². The maximum Gasteiger partial charge on any atom is 0.221 e. The van der Waals surface area contributed by atoms with Crippen LogP contribution in [0.25, 0.3) is 10.8 Å². The molecular formula is C16H21N3O. The van der Waals surface area contributed by atoms with E-state index in [4.69, 9.17) is 0 Å². The Morgan fingerprint density at radius 2 is 2.10 bits per heavy atom. The predicted octanol–water partition coefficient (Wildman–Crippen LogP) is 2.24. The molecule has 1 aromatic carbocycles. The lowest BCUT2D eigenvalue weighted by Gasteiger charge is -2.07. The molecule has 4 nitrogen and oxygen atoms in total. The molecule has 2 aromatic rings. The Kier molecular flexibility index (Phi) is 5.50. The van der Waals surface area contributed by atoms with Gasteiger partial charge in [-0.1, -0.05) is 19.1 Å². The van der Waals surface area contributed by atoms with Crippen molar-refractivity contribution in [2.75, 3.05) is 13.1 Å². The lowest BCUT2D eigenvalue weighted by molar-refractivity contribution is -0.120. The molecule has 2 rings (SSSR count). The molecule has 0 radical (unpaired) electrons. The summed E-state index contributed by atoms with van der Waals surface area (Å²) < 4.78 is 0. The van der Waals surface area contributed by atoms with Gasteiger partial charge in [0.05, 0.1) is 0 Å². The first kappa shape index (κ1) is 14.5. The zero-order valence-electron chi connectivity index (χ0n) is 11.9. The summed E-state index contributed by atoms with van der Waals surface area (Å²) in [5, 5.41) is 8.51. The van der Waals surface area contributed by atoms with Crippen molar-refractivity contribution >= 4 is 16.7 Å². The largest absolute Gasteiger partial charge is 0.356 e. The quantitative estimate of drug-likeness (QED) is 0.759. The van der Waals surface area contributed by atoms with E-state index in [-0.39, 0.29) is 5.91 Å². The molecule has 1 amide bonds. The highest BCUT2D eigenvalue weighted by Crippen LogP contribution is 2.14. The maximum absolute atomic E-state index is 11.4. The first-order chi connectivity index (χ1) is 9.79. The second-order valence-corrected chi connectivity index (χ2v) is 4.83. The van der Waals surface area contributed by atoms with E-state index in [9.17, 15) is 4.79 Å². The predicted molar refractivity (Wildman–Crippen MR) is 81.4 cm³/mol. The molecule has 0 aliphatic carbocycles. The van der Waals surface area contributed by atoms with E-state index in [2.05, 4.69) is 33.8 Å². The number of hydrogen-bond acceptors (Lipinski definition) is 3. The third kappa shape index (κ3) is 4.31. The highest BCUT2D eigenvalue weighted by atomic mass is 16.1. The molecule has 20 heavy (non-hydrogen) atoms. The average Bonchev–Trinajstić information content (AvgIpc) is 2.49. The van der Waals surface area contributed by atoms with Crippen LogP contribution in [-0.4, -0.2) is 24.0 Å². The topological polar surface area (TPSA) is 54.0 Å². The van der Waals surface area contributed by atoms with E-state index in [1.54, 1.807) is 6.20 Å². The molecule has 0 aliphatic rings. The van der Waals surface area contributed by atoms with Crippen molar-refractivity contribution in [2.24, 2.45) is 0 Å². The highest BCUT2D eigenvalue weighted by Gasteiger charge is 2.00. The van der Waals surface area contributed by atoms with Gasteiger partial charge < -0.3 is 10.6 Å². The summed E-state index contributed by atoms with van der Waals surface area (Å²) in [7, 11) is 0. The van der Waals surface area contributed by atoms with Crippen molar-refractivity contribution in [2.45, 2.75) is 26.3 Å². The van der Waals surface area contributed by atoms with Gasteiger partial charge in [-0.3, -0.25) is 9.78 Å². The molecule has 0 bridgehead atoms. The molecule has 106 valence electrons. The number of nitrogens with one attached hydrogen (secondary N) is 2. The smallest absolute Gasteiger partial charge is 0.221 e. The first-order valence-electron chi connectivity index (χ1n) is 7.09. The van der Waals surface area contributed by atoms with E-state index < -0.39 is 0 Å².